The van der Waals surface area contributed by atoms with Gasteiger partial charge in [0.1, 0.15) is 0 Å². The smallest absolute Gasteiger partial charge is 0.334 e. The van der Waals surface area contributed by atoms with Crippen LogP contribution in [0.2, 0.25) is 0 Å². The van der Waals surface area contributed by atoms with E-state index in [4.69, 9.17) is 5.11 Å². The zero-order valence-electron chi connectivity index (χ0n) is 23.5. The first-order chi connectivity index (χ1) is 20.4. The highest BCUT2D eigenvalue weighted by atomic mass is 16.4. The Kier molecular flexibility index (Phi) is 9.29. The minimum atomic E-state index is -1.67. The number of amides is 2. The summed E-state index contributed by atoms with van der Waals surface area (Å²) in [5, 5.41) is 22.8. The summed E-state index contributed by atoms with van der Waals surface area (Å²) in [6, 6.07) is 29.3. The van der Waals surface area contributed by atoms with Crippen molar-refractivity contribution in [2.75, 3.05) is 11.4 Å². The second kappa shape index (κ2) is 13.4. The number of aliphatic carboxylic acids is 1. The summed E-state index contributed by atoms with van der Waals surface area (Å²) in [5.74, 6) is -1.33. The zero-order chi connectivity index (χ0) is 29.5. The second-order valence-corrected chi connectivity index (χ2v) is 11.0. The van der Waals surface area contributed by atoms with E-state index in [1.165, 1.54) is 37.7 Å². The molecule has 0 radical (unpaired) electrons. The van der Waals surface area contributed by atoms with E-state index in [2.05, 4.69) is 17.4 Å². The Morgan fingerprint density at radius 1 is 0.833 bits per heavy atom. The van der Waals surface area contributed by atoms with Crippen LogP contribution in [-0.2, 0) is 22.6 Å². The molecule has 0 aromatic heterocycles. The molecule has 7 nitrogen and oxygen atoms in total. The van der Waals surface area contributed by atoms with Crippen LogP contribution >= 0.6 is 0 Å². The standard InChI is InChI=1S/C35H36N2O5/c38-32(35(41)42)22-36-34(40)28-15-13-24(14-16-28)23-37(30-19-17-26(18-20-30)25-7-2-1-3-8-25)33(39)21-29-11-6-10-27-9-4-5-12-31(27)29/h4-6,9-20,25,32,38H,1-3,7-8,21-23H2,(H,36,40)(H,41,42). The second-order valence-electron chi connectivity index (χ2n) is 11.0. The maximum absolute atomic E-state index is 13.9. The first-order valence-electron chi connectivity index (χ1n) is 14.5. The summed E-state index contributed by atoms with van der Waals surface area (Å²) in [7, 11) is 0. The molecule has 1 unspecified atom stereocenters. The predicted octanol–water partition coefficient (Wildman–Crippen LogP) is 5.84. The maximum atomic E-state index is 13.9. The fourth-order valence-electron chi connectivity index (χ4n) is 5.71. The molecule has 0 spiro atoms. The molecule has 5 rings (SSSR count). The highest BCUT2D eigenvalue weighted by Gasteiger charge is 2.21. The number of carbonyl (C=O) groups is 3. The van der Waals surface area contributed by atoms with Crippen LogP contribution < -0.4 is 10.2 Å². The lowest BCUT2D eigenvalue weighted by Crippen LogP contribution is -2.36. The summed E-state index contributed by atoms with van der Waals surface area (Å²) < 4.78 is 0. The van der Waals surface area contributed by atoms with Gasteiger partial charge in [0, 0.05) is 11.3 Å². The SMILES string of the molecule is O=C(NCC(O)C(=O)O)c1ccc(CN(C(=O)Cc2cccc3ccccc23)c2ccc(C3CCCCC3)cc2)cc1. The van der Waals surface area contributed by atoms with E-state index in [9.17, 15) is 19.5 Å². The molecule has 7 heteroatoms. The number of carboxylic acids is 1. The third kappa shape index (κ3) is 7.04. The van der Waals surface area contributed by atoms with Crippen molar-refractivity contribution in [1.29, 1.82) is 0 Å². The van der Waals surface area contributed by atoms with Crippen molar-refractivity contribution in [3.05, 3.63) is 113 Å². The van der Waals surface area contributed by atoms with E-state index in [-0.39, 0.29) is 18.9 Å². The van der Waals surface area contributed by atoms with Crippen molar-refractivity contribution in [2.45, 2.75) is 57.1 Å². The van der Waals surface area contributed by atoms with Gasteiger partial charge in [-0.2, -0.15) is 0 Å². The highest BCUT2D eigenvalue weighted by Crippen LogP contribution is 2.34. The van der Waals surface area contributed by atoms with E-state index in [0.29, 0.717) is 18.0 Å². The van der Waals surface area contributed by atoms with Crippen molar-refractivity contribution >= 4 is 34.2 Å². The van der Waals surface area contributed by atoms with E-state index in [0.717, 1.165) is 27.6 Å². The molecule has 0 aliphatic heterocycles. The molecule has 2 amide bonds. The molecular formula is C35H36N2O5. The molecule has 0 heterocycles. The van der Waals surface area contributed by atoms with E-state index >= 15 is 0 Å². The number of hydrogen-bond acceptors (Lipinski definition) is 4. The van der Waals surface area contributed by atoms with Gasteiger partial charge in [-0.05, 0) is 70.5 Å². The molecule has 42 heavy (non-hydrogen) atoms. The maximum Gasteiger partial charge on any atom is 0.334 e. The van der Waals surface area contributed by atoms with Crippen LogP contribution in [0.1, 0.15) is 65.1 Å². The number of fused-ring (bicyclic) bond motifs is 1. The Morgan fingerprint density at radius 3 is 2.24 bits per heavy atom. The van der Waals surface area contributed by atoms with Crippen LogP contribution in [0.3, 0.4) is 0 Å². The summed E-state index contributed by atoms with van der Waals surface area (Å²) in [6.07, 6.45) is 4.82. The van der Waals surface area contributed by atoms with Crippen LogP contribution in [0.25, 0.3) is 10.8 Å². The van der Waals surface area contributed by atoms with Gasteiger partial charge in [-0.25, -0.2) is 4.79 Å². The number of aliphatic hydroxyl groups is 1. The molecule has 3 N–H and O–H groups in total. The Hall–Kier alpha value is -4.49. The number of nitrogens with one attached hydrogen (secondary N) is 1. The van der Waals surface area contributed by atoms with Crippen LogP contribution in [-0.4, -0.2) is 40.6 Å². The Bertz CT molecular complexity index is 1540. The number of benzene rings is 4. The minimum Gasteiger partial charge on any atom is -0.479 e. The van der Waals surface area contributed by atoms with Crippen LogP contribution in [0.5, 0.6) is 0 Å². The number of anilines is 1. The fraction of sp³-hybridized carbons (Fsp3) is 0.286. The van der Waals surface area contributed by atoms with Crippen molar-refractivity contribution in [1.82, 2.24) is 5.32 Å². The molecule has 1 atom stereocenters. The Morgan fingerprint density at radius 2 is 1.52 bits per heavy atom. The van der Waals surface area contributed by atoms with E-state index < -0.39 is 18.0 Å². The van der Waals surface area contributed by atoms with Crippen molar-refractivity contribution < 1.29 is 24.6 Å². The van der Waals surface area contributed by atoms with Gasteiger partial charge < -0.3 is 20.4 Å². The molecular weight excluding hydrogens is 528 g/mol. The molecule has 1 saturated carbocycles. The zero-order valence-corrected chi connectivity index (χ0v) is 23.5. The molecule has 0 bridgehead atoms. The predicted molar refractivity (Wildman–Crippen MR) is 164 cm³/mol. The van der Waals surface area contributed by atoms with Gasteiger partial charge >= 0.3 is 5.97 Å². The number of hydrogen-bond donors (Lipinski definition) is 3. The summed E-state index contributed by atoms with van der Waals surface area (Å²) in [6.45, 7) is -0.0603. The van der Waals surface area contributed by atoms with Gasteiger partial charge in [-0.15, -0.1) is 0 Å². The molecule has 4 aromatic rings. The number of rotatable bonds is 10. The monoisotopic (exact) mass is 564 g/mol. The molecule has 1 fully saturated rings. The van der Waals surface area contributed by atoms with Gasteiger partial charge in [-0.3, -0.25) is 9.59 Å². The van der Waals surface area contributed by atoms with Gasteiger partial charge in [0.25, 0.3) is 5.91 Å². The third-order valence-electron chi connectivity index (χ3n) is 8.10. The van der Waals surface area contributed by atoms with Crippen molar-refractivity contribution in [3.8, 4) is 0 Å². The molecule has 0 saturated heterocycles. The van der Waals surface area contributed by atoms with E-state index in [1.807, 2.05) is 54.6 Å². The molecule has 1 aliphatic carbocycles. The van der Waals surface area contributed by atoms with Crippen molar-refractivity contribution in [2.24, 2.45) is 0 Å². The highest BCUT2D eigenvalue weighted by molar-refractivity contribution is 5.98. The topological polar surface area (TPSA) is 107 Å². The number of carbonyl (C=O) groups excluding carboxylic acids is 2. The largest absolute Gasteiger partial charge is 0.479 e. The minimum absolute atomic E-state index is 0.0266. The van der Waals surface area contributed by atoms with E-state index in [1.54, 1.807) is 29.2 Å². The van der Waals surface area contributed by atoms with Crippen LogP contribution in [0.4, 0.5) is 5.69 Å². The first kappa shape index (κ1) is 29.0. The summed E-state index contributed by atoms with van der Waals surface area (Å²) in [4.78, 5) is 39.0. The number of carboxylic acid groups (broad SMARTS) is 1. The Labute approximate surface area is 245 Å². The summed E-state index contributed by atoms with van der Waals surface area (Å²) in [5.41, 5.74) is 4.30. The molecule has 1 aliphatic rings. The van der Waals surface area contributed by atoms with Gasteiger partial charge in [0.2, 0.25) is 5.91 Å². The summed E-state index contributed by atoms with van der Waals surface area (Å²) >= 11 is 0. The average molecular weight is 565 g/mol. The lowest BCUT2D eigenvalue weighted by atomic mass is 9.84. The van der Waals surface area contributed by atoms with Gasteiger partial charge in [0.15, 0.2) is 6.10 Å². The van der Waals surface area contributed by atoms with Crippen LogP contribution in [0.15, 0.2) is 91.0 Å². The molecule has 4 aromatic carbocycles. The third-order valence-corrected chi connectivity index (χ3v) is 8.10. The van der Waals surface area contributed by atoms with Crippen LogP contribution in [0, 0.1) is 0 Å². The fourth-order valence-corrected chi connectivity index (χ4v) is 5.71. The Balaban J connectivity index is 1.37. The number of nitrogens with zero attached hydrogens (tertiary/aromatic N) is 1. The quantitative estimate of drug-likeness (QED) is 0.224. The average Bonchev–Trinajstić information content (AvgIpc) is 3.03. The molecule has 216 valence electrons. The lowest BCUT2D eigenvalue weighted by Gasteiger charge is -2.26. The lowest BCUT2D eigenvalue weighted by molar-refractivity contribution is -0.146. The normalized spacial score (nSPS) is 14.3. The number of aliphatic hydroxyl groups excluding tert-OH is 1. The van der Waals surface area contributed by atoms with Gasteiger partial charge in [-0.1, -0.05) is 86.0 Å². The van der Waals surface area contributed by atoms with Gasteiger partial charge in [0.05, 0.1) is 19.5 Å². The van der Waals surface area contributed by atoms with Crippen molar-refractivity contribution in [3.63, 3.8) is 0 Å². The first-order valence-corrected chi connectivity index (χ1v) is 14.5.